The summed E-state index contributed by atoms with van der Waals surface area (Å²) in [7, 11) is 0. The van der Waals surface area contributed by atoms with E-state index in [1.165, 1.54) is 5.06 Å². The molecule has 0 saturated heterocycles. The highest BCUT2D eigenvalue weighted by molar-refractivity contribution is 5.66. The number of carbonyl (C=O) groups excluding carboxylic acids is 1. The summed E-state index contributed by atoms with van der Waals surface area (Å²) in [6.07, 6.45) is 1.32. The van der Waals surface area contributed by atoms with Gasteiger partial charge in [-0.25, -0.2) is 4.79 Å². The fraction of sp³-hybridized carbons (Fsp3) is 0.909. The van der Waals surface area contributed by atoms with Gasteiger partial charge in [0.25, 0.3) is 0 Å². The Kier molecular flexibility index (Phi) is 6.32. The molecule has 0 aromatic carbocycles. The van der Waals surface area contributed by atoms with Crippen molar-refractivity contribution in [1.29, 1.82) is 0 Å². The van der Waals surface area contributed by atoms with Gasteiger partial charge in [-0.15, -0.1) is 0 Å². The van der Waals surface area contributed by atoms with E-state index >= 15 is 0 Å². The van der Waals surface area contributed by atoms with Gasteiger partial charge in [0.15, 0.2) is 0 Å². The molecule has 0 aromatic heterocycles. The van der Waals surface area contributed by atoms with Crippen molar-refractivity contribution in [3.8, 4) is 0 Å². The predicted molar refractivity (Wildman–Crippen MR) is 59.5 cm³/mol. The largest absolute Gasteiger partial charge is 0.442 e. The number of carbonyl (C=O) groups is 1. The summed E-state index contributed by atoms with van der Waals surface area (Å²) in [5.74, 6) is 0. The SMILES string of the molecule is CCCON(CCC)C(=O)OC(C)(C)C. The Labute approximate surface area is 92.5 Å². The lowest BCUT2D eigenvalue weighted by Gasteiger charge is -2.26. The van der Waals surface area contributed by atoms with E-state index in [1.54, 1.807) is 0 Å². The maximum absolute atomic E-state index is 11.6. The summed E-state index contributed by atoms with van der Waals surface area (Å²) < 4.78 is 5.21. The lowest BCUT2D eigenvalue weighted by molar-refractivity contribution is -0.147. The zero-order chi connectivity index (χ0) is 11.9. The predicted octanol–water partition coefficient (Wildman–Crippen LogP) is 2.98. The number of hydrogen-bond acceptors (Lipinski definition) is 3. The Morgan fingerprint density at radius 2 is 1.80 bits per heavy atom. The van der Waals surface area contributed by atoms with Crippen LogP contribution in [0.15, 0.2) is 0 Å². The van der Waals surface area contributed by atoms with E-state index in [9.17, 15) is 4.79 Å². The van der Waals surface area contributed by atoms with Crippen LogP contribution in [-0.4, -0.2) is 29.9 Å². The molecule has 4 nitrogen and oxygen atoms in total. The summed E-state index contributed by atoms with van der Waals surface area (Å²) >= 11 is 0. The van der Waals surface area contributed by atoms with Crippen molar-refractivity contribution in [3.63, 3.8) is 0 Å². The maximum Gasteiger partial charge on any atom is 0.434 e. The molecule has 0 unspecified atom stereocenters. The maximum atomic E-state index is 11.6. The molecule has 1 amide bonds. The van der Waals surface area contributed by atoms with E-state index < -0.39 is 11.7 Å². The van der Waals surface area contributed by atoms with Crippen molar-refractivity contribution < 1.29 is 14.4 Å². The third-order valence-electron chi connectivity index (χ3n) is 1.48. The molecule has 4 heteroatoms. The van der Waals surface area contributed by atoms with Crippen LogP contribution in [0.3, 0.4) is 0 Å². The molecule has 0 saturated carbocycles. The van der Waals surface area contributed by atoms with E-state index in [0.717, 1.165) is 12.8 Å². The molecule has 0 radical (unpaired) electrons. The molecule has 15 heavy (non-hydrogen) atoms. The molecular weight excluding hydrogens is 194 g/mol. The molecule has 0 bridgehead atoms. The first kappa shape index (κ1) is 14.2. The van der Waals surface area contributed by atoms with Crippen LogP contribution in [0.1, 0.15) is 47.5 Å². The van der Waals surface area contributed by atoms with Crippen molar-refractivity contribution in [2.75, 3.05) is 13.2 Å². The number of rotatable bonds is 5. The minimum absolute atomic E-state index is 0.405. The van der Waals surface area contributed by atoms with Crippen LogP contribution in [0.2, 0.25) is 0 Å². The third-order valence-corrected chi connectivity index (χ3v) is 1.48. The quantitative estimate of drug-likeness (QED) is 0.664. The topological polar surface area (TPSA) is 38.8 Å². The summed E-state index contributed by atoms with van der Waals surface area (Å²) in [5.41, 5.74) is -0.474. The van der Waals surface area contributed by atoms with Crippen molar-refractivity contribution in [2.24, 2.45) is 0 Å². The average Bonchev–Trinajstić information content (AvgIpc) is 2.09. The Balaban J connectivity index is 4.15. The van der Waals surface area contributed by atoms with Gasteiger partial charge in [-0.2, -0.15) is 5.06 Å². The van der Waals surface area contributed by atoms with Crippen LogP contribution >= 0.6 is 0 Å². The second-order valence-corrected chi connectivity index (χ2v) is 4.42. The third kappa shape index (κ3) is 7.19. The molecule has 0 aliphatic rings. The standard InChI is InChI=1S/C11H23NO3/c1-6-8-12(14-9-7-2)10(13)15-11(3,4)5/h6-9H2,1-5H3. The average molecular weight is 217 g/mol. The molecule has 0 rings (SSSR count). The molecular formula is C11H23NO3. The van der Waals surface area contributed by atoms with Gasteiger partial charge in [0, 0.05) is 0 Å². The van der Waals surface area contributed by atoms with Gasteiger partial charge in [0.05, 0.1) is 13.2 Å². The van der Waals surface area contributed by atoms with E-state index in [1.807, 2.05) is 34.6 Å². The highest BCUT2D eigenvalue weighted by atomic mass is 16.7. The molecule has 90 valence electrons. The molecule has 0 heterocycles. The summed E-state index contributed by atoms with van der Waals surface area (Å²) in [4.78, 5) is 16.9. The van der Waals surface area contributed by atoms with Crippen LogP contribution in [0.5, 0.6) is 0 Å². The first-order valence-corrected chi connectivity index (χ1v) is 5.54. The van der Waals surface area contributed by atoms with E-state index in [0.29, 0.717) is 13.2 Å². The Morgan fingerprint density at radius 1 is 1.20 bits per heavy atom. The van der Waals surface area contributed by atoms with Gasteiger partial charge in [0.1, 0.15) is 5.60 Å². The monoisotopic (exact) mass is 217 g/mol. The summed E-state index contributed by atoms with van der Waals surface area (Å²) in [6, 6.07) is 0. The number of hydrogen-bond donors (Lipinski definition) is 0. The first-order valence-electron chi connectivity index (χ1n) is 5.54. The van der Waals surface area contributed by atoms with Crippen LogP contribution < -0.4 is 0 Å². The van der Waals surface area contributed by atoms with Gasteiger partial charge in [-0.1, -0.05) is 13.8 Å². The fourth-order valence-corrected chi connectivity index (χ4v) is 0.926. The molecule has 0 N–H and O–H groups in total. The number of ether oxygens (including phenoxy) is 1. The Hall–Kier alpha value is -0.770. The van der Waals surface area contributed by atoms with Gasteiger partial charge in [-0.3, -0.25) is 4.84 Å². The molecule has 0 fully saturated rings. The molecule has 0 aliphatic heterocycles. The van der Waals surface area contributed by atoms with Crippen LogP contribution in [0.4, 0.5) is 4.79 Å². The highest BCUT2D eigenvalue weighted by Gasteiger charge is 2.22. The van der Waals surface area contributed by atoms with Crippen molar-refractivity contribution in [1.82, 2.24) is 5.06 Å². The van der Waals surface area contributed by atoms with Gasteiger partial charge in [-0.05, 0) is 33.6 Å². The molecule has 0 aliphatic carbocycles. The van der Waals surface area contributed by atoms with Crippen LogP contribution in [0.25, 0.3) is 0 Å². The Bertz CT molecular complexity index is 187. The summed E-state index contributed by atoms with van der Waals surface area (Å²) in [6.45, 7) is 10.6. The van der Waals surface area contributed by atoms with Crippen LogP contribution in [0, 0.1) is 0 Å². The smallest absolute Gasteiger partial charge is 0.434 e. The Morgan fingerprint density at radius 3 is 2.20 bits per heavy atom. The van der Waals surface area contributed by atoms with Crippen molar-refractivity contribution in [2.45, 2.75) is 53.1 Å². The summed E-state index contributed by atoms with van der Waals surface area (Å²) in [5, 5.41) is 1.30. The molecule has 0 spiro atoms. The second kappa shape index (κ2) is 6.67. The van der Waals surface area contributed by atoms with Crippen LogP contribution in [-0.2, 0) is 9.57 Å². The minimum Gasteiger partial charge on any atom is -0.442 e. The second-order valence-electron chi connectivity index (χ2n) is 4.42. The minimum atomic E-state index is -0.474. The zero-order valence-corrected chi connectivity index (χ0v) is 10.5. The zero-order valence-electron chi connectivity index (χ0n) is 10.5. The van der Waals surface area contributed by atoms with Gasteiger partial charge < -0.3 is 4.74 Å². The van der Waals surface area contributed by atoms with Crippen molar-refractivity contribution >= 4 is 6.09 Å². The highest BCUT2D eigenvalue weighted by Crippen LogP contribution is 2.10. The van der Waals surface area contributed by atoms with E-state index in [4.69, 9.17) is 9.57 Å². The number of hydroxylamine groups is 2. The molecule has 0 aromatic rings. The number of nitrogens with zero attached hydrogens (tertiary/aromatic N) is 1. The van der Waals surface area contributed by atoms with Crippen molar-refractivity contribution in [3.05, 3.63) is 0 Å². The van der Waals surface area contributed by atoms with E-state index in [-0.39, 0.29) is 0 Å². The lowest BCUT2D eigenvalue weighted by Crippen LogP contribution is -2.37. The fourth-order valence-electron chi connectivity index (χ4n) is 0.926. The lowest BCUT2D eigenvalue weighted by atomic mass is 10.2. The first-order chi connectivity index (χ1) is 6.90. The van der Waals surface area contributed by atoms with E-state index in [2.05, 4.69) is 0 Å². The number of amides is 1. The molecule has 0 atom stereocenters. The van der Waals surface area contributed by atoms with Gasteiger partial charge >= 0.3 is 6.09 Å². The normalized spacial score (nSPS) is 11.3. The van der Waals surface area contributed by atoms with Gasteiger partial charge in [0.2, 0.25) is 0 Å².